The summed E-state index contributed by atoms with van der Waals surface area (Å²) in [5, 5.41) is 22.8. The van der Waals surface area contributed by atoms with Gasteiger partial charge in [0.1, 0.15) is 17.1 Å². The maximum Gasteiger partial charge on any atom is 0.256 e. The summed E-state index contributed by atoms with van der Waals surface area (Å²) in [5.41, 5.74) is 1.99. The highest BCUT2D eigenvalue weighted by molar-refractivity contribution is 6.30. The fourth-order valence-electron chi connectivity index (χ4n) is 3.26. The lowest BCUT2D eigenvalue weighted by Crippen LogP contribution is -2.23. The molecule has 0 atom stereocenters. The first-order valence-electron chi connectivity index (χ1n) is 9.69. The highest BCUT2D eigenvalue weighted by Crippen LogP contribution is 2.31. The molecule has 0 unspecified atom stereocenters. The SMILES string of the molecule is N#CCCCCCc1cc(F)cc2c(O)c(C(=O)NCc3ccc(Cl)cc3)cnc12. The van der Waals surface area contributed by atoms with Gasteiger partial charge in [0.15, 0.2) is 0 Å². The molecule has 0 aliphatic heterocycles. The Morgan fingerprint density at radius 2 is 1.97 bits per heavy atom. The van der Waals surface area contributed by atoms with Crippen LogP contribution in [0.5, 0.6) is 5.75 Å². The Kier molecular flexibility index (Phi) is 7.21. The highest BCUT2D eigenvalue weighted by atomic mass is 35.5. The van der Waals surface area contributed by atoms with Crippen molar-refractivity contribution in [2.45, 2.75) is 38.6 Å². The predicted molar refractivity (Wildman–Crippen MR) is 114 cm³/mol. The number of carbonyl (C=O) groups is 1. The molecule has 30 heavy (non-hydrogen) atoms. The topological polar surface area (TPSA) is 86.0 Å². The number of carbonyl (C=O) groups excluding carboxylic acids is 1. The van der Waals surface area contributed by atoms with Crippen molar-refractivity contribution in [3.05, 3.63) is 70.1 Å². The van der Waals surface area contributed by atoms with Crippen LogP contribution in [0.1, 0.15) is 47.2 Å². The van der Waals surface area contributed by atoms with Crippen LogP contribution in [0.3, 0.4) is 0 Å². The second-order valence-electron chi connectivity index (χ2n) is 7.01. The zero-order valence-electron chi connectivity index (χ0n) is 16.3. The van der Waals surface area contributed by atoms with Gasteiger partial charge in [0.05, 0.1) is 11.6 Å². The third-order valence-corrected chi connectivity index (χ3v) is 5.08. The second kappa shape index (κ2) is 10.0. The van der Waals surface area contributed by atoms with E-state index < -0.39 is 11.7 Å². The van der Waals surface area contributed by atoms with E-state index in [2.05, 4.69) is 16.4 Å². The van der Waals surface area contributed by atoms with Crippen LogP contribution in [-0.4, -0.2) is 16.0 Å². The summed E-state index contributed by atoms with van der Waals surface area (Å²) >= 11 is 5.85. The molecule has 3 rings (SSSR count). The van der Waals surface area contributed by atoms with Crippen molar-refractivity contribution in [1.82, 2.24) is 10.3 Å². The van der Waals surface area contributed by atoms with Crippen molar-refractivity contribution in [2.75, 3.05) is 0 Å². The molecule has 5 nitrogen and oxygen atoms in total. The van der Waals surface area contributed by atoms with Crippen LogP contribution < -0.4 is 5.32 Å². The number of aryl methyl sites for hydroxylation is 1. The van der Waals surface area contributed by atoms with Gasteiger partial charge < -0.3 is 10.4 Å². The van der Waals surface area contributed by atoms with Gasteiger partial charge in [0, 0.05) is 29.6 Å². The van der Waals surface area contributed by atoms with Crippen molar-refractivity contribution in [3.8, 4) is 11.8 Å². The molecule has 2 aromatic carbocycles. The van der Waals surface area contributed by atoms with E-state index in [1.807, 2.05) is 0 Å². The van der Waals surface area contributed by atoms with Gasteiger partial charge in [0.2, 0.25) is 0 Å². The van der Waals surface area contributed by atoms with E-state index in [4.69, 9.17) is 16.9 Å². The quantitative estimate of drug-likeness (QED) is 0.480. The van der Waals surface area contributed by atoms with Crippen molar-refractivity contribution in [2.24, 2.45) is 0 Å². The molecule has 1 heterocycles. The largest absolute Gasteiger partial charge is 0.506 e. The van der Waals surface area contributed by atoms with Crippen LogP contribution in [0.15, 0.2) is 42.6 Å². The Labute approximate surface area is 179 Å². The van der Waals surface area contributed by atoms with Crippen molar-refractivity contribution in [3.63, 3.8) is 0 Å². The molecule has 0 fully saturated rings. The lowest BCUT2D eigenvalue weighted by molar-refractivity contribution is 0.0948. The number of nitriles is 1. The van der Waals surface area contributed by atoms with Gasteiger partial charge in [-0.1, -0.05) is 30.2 Å². The molecule has 154 valence electrons. The Morgan fingerprint density at radius 1 is 1.20 bits per heavy atom. The first-order valence-corrected chi connectivity index (χ1v) is 10.1. The average Bonchev–Trinajstić information content (AvgIpc) is 2.73. The van der Waals surface area contributed by atoms with Crippen LogP contribution in [-0.2, 0) is 13.0 Å². The number of rotatable bonds is 8. The number of nitrogens with zero attached hydrogens (tertiary/aromatic N) is 2. The van der Waals surface area contributed by atoms with Gasteiger partial charge in [-0.2, -0.15) is 5.26 Å². The number of hydrogen-bond acceptors (Lipinski definition) is 4. The maximum absolute atomic E-state index is 14.1. The minimum atomic E-state index is -0.501. The molecule has 2 N–H and O–H groups in total. The first-order chi connectivity index (χ1) is 14.5. The Balaban J connectivity index is 1.78. The Hall–Kier alpha value is -3.17. The lowest BCUT2D eigenvalue weighted by atomic mass is 10.0. The number of unbranched alkanes of at least 4 members (excludes halogenated alkanes) is 3. The van der Waals surface area contributed by atoms with Crippen molar-refractivity contribution >= 4 is 28.4 Å². The first kappa shape index (κ1) is 21.5. The van der Waals surface area contributed by atoms with Gasteiger partial charge in [-0.15, -0.1) is 0 Å². The highest BCUT2D eigenvalue weighted by Gasteiger charge is 2.17. The molecule has 0 radical (unpaired) electrons. The molecule has 1 amide bonds. The van der Waals surface area contributed by atoms with E-state index >= 15 is 0 Å². The number of nitrogens with one attached hydrogen (secondary N) is 1. The molecule has 0 spiro atoms. The zero-order valence-corrected chi connectivity index (χ0v) is 17.0. The fourth-order valence-corrected chi connectivity index (χ4v) is 3.38. The fraction of sp³-hybridized carbons (Fsp3) is 0.261. The van der Waals surface area contributed by atoms with E-state index in [-0.39, 0.29) is 23.2 Å². The summed E-state index contributed by atoms with van der Waals surface area (Å²) in [6, 6.07) is 11.7. The minimum absolute atomic E-state index is 0.0120. The number of pyridine rings is 1. The summed E-state index contributed by atoms with van der Waals surface area (Å²) in [6.07, 6.45) is 4.81. The van der Waals surface area contributed by atoms with Crippen LogP contribution >= 0.6 is 11.6 Å². The monoisotopic (exact) mass is 425 g/mol. The average molecular weight is 426 g/mol. The summed E-state index contributed by atoms with van der Waals surface area (Å²) < 4.78 is 14.1. The third kappa shape index (κ3) is 5.25. The molecular weight excluding hydrogens is 405 g/mol. The molecule has 0 saturated carbocycles. The smallest absolute Gasteiger partial charge is 0.256 e. The van der Waals surface area contributed by atoms with Crippen LogP contribution in [0.25, 0.3) is 10.9 Å². The zero-order chi connectivity index (χ0) is 21.5. The third-order valence-electron chi connectivity index (χ3n) is 4.83. The second-order valence-corrected chi connectivity index (χ2v) is 7.45. The van der Waals surface area contributed by atoms with E-state index in [0.29, 0.717) is 28.9 Å². The number of benzene rings is 2. The summed E-state index contributed by atoms with van der Waals surface area (Å²) in [5.74, 6) is -1.29. The number of fused-ring (bicyclic) bond motifs is 1. The van der Waals surface area contributed by atoms with Gasteiger partial charge in [-0.25, -0.2) is 4.39 Å². The molecule has 0 aliphatic carbocycles. The molecule has 1 aromatic heterocycles. The van der Waals surface area contributed by atoms with E-state index in [1.165, 1.54) is 18.3 Å². The van der Waals surface area contributed by atoms with E-state index in [1.54, 1.807) is 24.3 Å². The van der Waals surface area contributed by atoms with Crippen LogP contribution in [0.2, 0.25) is 5.02 Å². The number of halogens is 2. The minimum Gasteiger partial charge on any atom is -0.506 e. The molecular formula is C23H21ClFN3O2. The molecule has 3 aromatic rings. The molecule has 0 bridgehead atoms. The van der Waals surface area contributed by atoms with Crippen molar-refractivity contribution < 1.29 is 14.3 Å². The number of aromatic hydroxyl groups is 1. The maximum atomic E-state index is 14.1. The molecule has 7 heteroatoms. The lowest BCUT2D eigenvalue weighted by Gasteiger charge is -2.11. The molecule has 0 aliphatic rings. The van der Waals surface area contributed by atoms with E-state index in [0.717, 1.165) is 24.8 Å². The van der Waals surface area contributed by atoms with Gasteiger partial charge in [0.25, 0.3) is 5.91 Å². The van der Waals surface area contributed by atoms with Crippen molar-refractivity contribution in [1.29, 1.82) is 5.26 Å². The Morgan fingerprint density at radius 3 is 2.70 bits per heavy atom. The van der Waals surface area contributed by atoms with Gasteiger partial charge in [-0.05, 0) is 54.7 Å². The number of hydrogen-bond donors (Lipinski definition) is 2. The number of aromatic nitrogens is 1. The normalized spacial score (nSPS) is 10.7. The summed E-state index contributed by atoms with van der Waals surface area (Å²) in [6.45, 7) is 0.255. The van der Waals surface area contributed by atoms with E-state index in [9.17, 15) is 14.3 Å². The standard InChI is InChI=1S/C23H21ClFN3O2/c24-17-8-6-15(7-9-17)13-28-23(30)20-14-27-21-16(5-3-1-2-4-10-26)11-18(25)12-19(21)22(20)29/h6-9,11-12,14H,1-5,13H2,(H,27,29)(H,28,30). The van der Waals surface area contributed by atoms with Gasteiger partial charge >= 0.3 is 0 Å². The summed E-state index contributed by atoms with van der Waals surface area (Å²) in [7, 11) is 0. The van der Waals surface area contributed by atoms with Gasteiger partial charge in [-0.3, -0.25) is 9.78 Å². The number of amides is 1. The van der Waals surface area contributed by atoms with Crippen LogP contribution in [0, 0.1) is 17.1 Å². The predicted octanol–water partition coefficient (Wildman–Crippen LogP) is 5.29. The Bertz CT molecular complexity index is 1090. The van der Waals surface area contributed by atoms with Crippen LogP contribution in [0.4, 0.5) is 4.39 Å². The summed E-state index contributed by atoms with van der Waals surface area (Å²) in [4.78, 5) is 16.9. The molecule has 0 saturated heterocycles.